The monoisotopic (exact) mass is 143 g/mol. The molecule has 0 spiro atoms. The predicted molar refractivity (Wildman–Crippen MR) is 47.2 cm³/mol. The van der Waals surface area contributed by atoms with Crippen LogP contribution in [0, 0.1) is 11.8 Å². The van der Waals surface area contributed by atoms with Gasteiger partial charge in [-0.05, 0) is 38.3 Å². The minimum atomic E-state index is 0.854. The molecule has 0 bridgehead atoms. The Bertz CT molecular complexity index is 69.1. The Balaban J connectivity index is 3.16. The summed E-state index contributed by atoms with van der Waals surface area (Å²) in [6.45, 7) is 8.07. The van der Waals surface area contributed by atoms with Crippen LogP contribution < -0.4 is 5.32 Å². The highest BCUT2D eigenvalue weighted by molar-refractivity contribution is 4.56. The molecule has 1 nitrogen and oxygen atoms in total. The highest BCUT2D eigenvalue weighted by Crippen LogP contribution is 2.13. The predicted octanol–water partition coefficient (Wildman–Crippen LogP) is 2.28. The lowest BCUT2D eigenvalue weighted by atomic mass is 9.96. The normalized spacial score (nSPS) is 14.1. The molecule has 0 fully saturated rings. The number of rotatable bonds is 5. The van der Waals surface area contributed by atoms with Crippen LogP contribution in [-0.4, -0.2) is 13.6 Å². The van der Waals surface area contributed by atoms with Crippen LogP contribution in [0.1, 0.15) is 33.6 Å². The molecule has 1 N–H and O–H groups in total. The van der Waals surface area contributed by atoms with E-state index in [2.05, 4.69) is 26.1 Å². The molecule has 0 saturated carbocycles. The molecule has 0 aliphatic carbocycles. The molecule has 0 aliphatic heterocycles. The average molecular weight is 143 g/mol. The first-order valence-electron chi connectivity index (χ1n) is 4.31. The van der Waals surface area contributed by atoms with Crippen molar-refractivity contribution < 1.29 is 0 Å². The number of hydrogen-bond donors (Lipinski definition) is 1. The van der Waals surface area contributed by atoms with Crippen LogP contribution in [0.3, 0.4) is 0 Å². The second-order valence-corrected chi connectivity index (χ2v) is 3.63. The van der Waals surface area contributed by atoms with E-state index in [1.807, 2.05) is 7.05 Å². The highest BCUT2D eigenvalue weighted by atomic mass is 14.8. The summed E-state index contributed by atoms with van der Waals surface area (Å²) in [5.41, 5.74) is 0. The standard InChI is InChI=1S/C9H21N/c1-8(2)7-9(3)5-6-10-4/h8-10H,5-7H2,1-4H3/t9-/m0/s1. The molecular weight excluding hydrogens is 122 g/mol. The summed E-state index contributed by atoms with van der Waals surface area (Å²) in [5.74, 6) is 1.74. The smallest absolute Gasteiger partial charge is 0.00494 e. The molecule has 0 unspecified atom stereocenters. The van der Waals surface area contributed by atoms with Crippen LogP contribution in [0.5, 0.6) is 0 Å². The van der Waals surface area contributed by atoms with E-state index >= 15 is 0 Å². The quantitative estimate of drug-likeness (QED) is 0.622. The Morgan fingerprint density at radius 1 is 1.20 bits per heavy atom. The Hall–Kier alpha value is -0.0400. The minimum absolute atomic E-state index is 0.854. The highest BCUT2D eigenvalue weighted by Gasteiger charge is 2.02. The Kier molecular flexibility index (Phi) is 5.70. The molecular formula is C9H21N. The van der Waals surface area contributed by atoms with Gasteiger partial charge in [0.2, 0.25) is 0 Å². The van der Waals surface area contributed by atoms with Crippen molar-refractivity contribution in [2.45, 2.75) is 33.6 Å². The molecule has 0 amide bonds. The van der Waals surface area contributed by atoms with Crippen molar-refractivity contribution in [3.63, 3.8) is 0 Å². The molecule has 1 heteroatoms. The van der Waals surface area contributed by atoms with Crippen molar-refractivity contribution in [1.29, 1.82) is 0 Å². The lowest BCUT2D eigenvalue weighted by Crippen LogP contribution is -2.12. The summed E-state index contributed by atoms with van der Waals surface area (Å²) in [7, 11) is 2.02. The van der Waals surface area contributed by atoms with Crippen molar-refractivity contribution >= 4 is 0 Å². The van der Waals surface area contributed by atoms with E-state index < -0.39 is 0 Å². The van der Waals surface area contributed by atoms with E-state index in [1.165, 1.54) is 12.8 Å². The average Bonchev–Trinajstić information content (AvgIpc) is 1.82. The third-order valence-corrected chi connectivity index (χ3v) is 1.76. The lowest BCUT2D eigenvalue weighted by molar-refractivity contribution is 0.411. The van der Waals surface area contributed by atoms with Crippen molar-refractivity contribution in [3.05, 3.63) is 0 Å². The van der Waals surface area contributed by atoms with Crippen LogP contribution in [-0.2, 0) is 0 Å². The first-order valence-corrected chi connectivity index (χ1v) is 4.31. The van der Waals surface area contributed by atoms with E-state index in [-0.39, 0.29) is 0 Å². The molecule has 0 aliphatic rings. The van der Waals surface area contributed by atoms with Crippen LogP contribution in [0.2, 0.25) is 0 Å². The minimum Gasteiger partial charge on any atom is -0.320 e. The van der Waals surface area contributed by atoms with Crippen molar-refractivity contribution in [2.75, 3.05) is 13.6 Å². The summed E-state index contributed by atoms with van der Waals surface area (Å²) in [6, 6.07) is 0. The van der Waals surface area contributed by atoms with E-state index in [9.17, 15) is 0 Å². The van der Waals surface area contributed by atoms with Crippen LogP contribution >= 0.6 is 0 Å². The molecule has 0 radical (unpaired) electrons. The van der Waals surface area contributed by atoms with E-state index in [0.717, 1.165) is 18.4 Å². The van der Waals surface area contributed by atoms with E-state index in [4.69, 9.17) is 0 Å². The zero-order chi connectivity index (χ0) is 7.98. The summed E-state index contributed by atoms with van der Waals surface area (Å²) in [6.07, 6.45) is 2.68. The molecule has 10 heavy (non-hydrogen) atoms. The second kappa shape index (κ2) is 5.72. The molecule has 0 saturated heterocycles. The zero-order valence-corrected chi connectivity index (χ0v) is 7.78. The Labute approximate surface area is 65.2 Å². The fourth-order valence-electron chi connectivity index (χ4n) is 1.31. The Morgan fingerprint density at radius 3 is 2.20 bits per heavy atom. The van der Waals surface area contributed by atoms with Gasteiger partial charge in [0.1, 0.15) is 0 Å². The van der Waals surface area contributed by atoms with Crippen molar-refractivity contribution in [3.8, 4) is 0 Å². The molecule has 0 rings (SSSR count). The fraction of sp³-hybridized carbons (Fsp3) is 1.00. The molecule has 1 atom stereocenters. The maximum Gasteiger partial charge on any atom is -0.00494 e. The number of nitrogens with one attached hydrogen (secondary N) is 1. The van der Waals surface area contributed by atoms with Crippen LogP contribution in [0.15, 0.2) is 0 Å². The fourth-order valence-corrected chi connectivity index (χ4v) is 1.31. The largest absolute Gasteiger partial charge is 0.320 e. The van der Waals surface area contributed by atoms with Gasteiger partial charge in [0.15, 0.2) is 0 Å². The van der Waals surface area contributed by atoms with Crippen LogP contribution in [0.25, 0.3) is 0 Å². The molecule has 0 aromatic heterocycles. The van der Waals surface area contributed by atoms with Crippen molar-refractivity contribution in [2.24, 2.45) is 11.8 Å². The van der Waals surface area contributed by atoms with Gasteiger partial charge in [-0.25, -0.2) is 0 Å². The van der Waals surface area contributed by atoms with Gasteiger partial charge in [0.25, 0.3) is 0 Å². The summed E-state index contributed by atoms with van der Waals surface area (Å²) >= 11 is 0. The van der Waals surface area contributed by atoms with Gasteiger partial charge in [-0.15, -0.1) is 0 Å². The third kappa shape index (κ3) is 6.09. The van der Waals surface area contributed by atoms with Crippen LogP contribution in [0.4, 0.5) is 0 Å². The van der Waals surface area contributed by atoms with E-state index in [1.54, 1.807) is 0 Å². The summed E-state index contributed by atoms with van der Waals surface area (Å²) in [4.78, 5) is 0. The van der Waals surface area contributed by atoms with Gasteiger partial charge in [-0.1, -0.05) is 20.8 Å². The van der Waals surface area contributed by atoms with E-state index in [0.29, 0.717) is 0 Å². The van der Waals surface area contributed by atoms with Gasteiger partial charge in [-0.3, -0.25) is 0 Å². The summed E-state index contributed by atoms with van der Waals surface area (Å²) in [5, 5.41) is 3.17. The van der Waals surface area contributed by atoms with Gasteiger partial charge in [0.05, 0.1) is 0 Å². The van der Waals surface area contributed by atoms with Gasteiger partial charge < -0.3 is 5.32 Å². The molecule has 0 aromatic rings. The van der Waals surface area contributed by atoms with Crippen molar-refractivity contribution in [1.82, 2.24) is 5.32 Å². The third-order valence-electron chi connectivity index (χ3n) is 1.76. The molecule has 62 valence electrons. The topological polar surface area (TPSA) is 12.0 Å². The van der Waals surface area contributed by atoms with Gasteiger partial charge in [-0.2, -0.15) is 0 Å². The Morgan fingerprint density at radius 2 is 1.80 bits per heavy atom. The molecule has 0 aromatic carbocycles. The lowest BCUT2D eigenvalue weighted by Gasteiger charge is -2.12. The maximum absolute atomic E-state index is 3.17. The number of hydrogen-bond acceptors (Lipinski definition) is 1. The summed E-state index contributed by atoms with van der Waals surface area (Å²) < 4.78 is 0. The zero-order valence-electron chi connectivity index (χ0n) is 7.78. The SMILES string of the molecule is CNCC[C@H](C)CC(C)C. The molecule has 0 heterocycles. The van der Waals surface area contributed by atoms with Gasteiger partial charge in [0, 0.05) is 0 Å². The second-order valence-electron chi connectivity index (χ2n) is 3.63. The first kappa shape index (κ1) is 9.96. The first-order chi connectivity index (χ1) is 4.66. The maximum atomic E-state index is 3.17. The van der Waals surface area contributed by atoms with Gasteiger partial charge >= 0.3 is 0 Å².